The molecule has 2 nitrogen and oxygen atoms in total. The van der Waals surface area contributed by atoms with Crippen LogP contribution in [0.5, 0.6) is 0 Å². The lowest BCUT2D eigenvalue weighted by Crippen LogP contribution is -1.98. The van der Waals surface area contributed by atoms with Crippen molar-refractivity contribution in [3.63, 3.8) is 0 Å². The van der Waals surface area contributed by atoms with Crippen molar-refractivity contribution in [3.8, 4) is 50.5 Å². The summed E-state index contributed by atoms with van der Waals surface area (Å²) in [5.41, 5.74) is 12.8. The zero-order valence-corrected chi connectivity index (χ0v) is 30.9. The molecule has 0 N–H and O–H groups in total. The van der Waals surface area contributed by atoms with Gasteiger partial charge in [0.15, 0.2) is 0 Å². The summed E-state index contributed by atoms with van der Waals surface area (Å²) >= 11 is 0. The molecule has 0 saturated heterocycles. The summed E-state index contributed by atoms with van der Waals surface area (Å²) in [7, 11) is 0. The minimum absolute atomic E-state index is 0.940. The molecule has 0 bridgehead atoms. The molecule has 0 saturated carbocycles. The first-order valence-electron chi connectivity index (χ1n) is 19.3. The predicted molar refractivity (Wildman–Crippen MR) is 238 cm³/mol. The van der Waals surface area contributed by atoms with E-state index in [0.717, 1.165) is 28.1 Å². The third kappa shape index (κ3) is 5.22. The summed E-state index contributed by atoms with van der Waals surface area (Å²) in [4.78, 5) is 5.18. The number of benzene rings is 10. The predicted octanol–water partition coefficient (Wildman–Crippen LogP) is 14.6. The van der Waals surface area contributed by atoms with Crippen LogP contribution in [0.25, 0.3) is 105 Å². The molecule has 11 aromatic rings. The Labute approximate surface area is 325 Å². The number of imidazole rings is 1. The van der Waals surface area contributed by atoms with Gasteiger partial charge in [0.1, 0.15) is 5.82 Å². The van der Waals surface area contributed by atoms with Crippen molar-refractivity contribution in [2.45, 2.75) is 6.92 Å². The maximum atomic E-state index is 5.18. The maximum absolute atomic E-state index is 5.18. The highest BCUT2D eigenvalue weighted by Gasteiger charge is 2.19. The van der Waals surface area contributed by atoms with E-state index < -0.39 is 0 Å². The van der Waals surface area contributed by atoms with Gasteiger partial charge >= 0.3 is 0 Å². The van der Waals surface area contributed by atoms with E-state index >= 15 is 0 Å². The third-order valence-corrected chi connectivity index (χ3v) is 11.5. The topological polar surface area (TPSA) is 17.8 Å². The molecular formula is C54H36N2. The smallest absolute Gasteiger partial charge is 0.145 e. The van der Waals surface area contributed by atoms with E-state index in [4.69, 9.17) is 4.98 Å². The summed E-state index contributed by atoms with van der Waals surface area (Å²) < 4.78 is 2.30. The Bertz CT molecular complexity index is 3300. The summed E-state index contributed by atoms with van der Waals surface area (Å²) in [6.45, 7) is 2.16. The van der Waals surface area contributed by atoms with Crippen LogP contribution in [-0.4, -0.2) is 9.55 Å². The van der Waals surface area contributed by atoms with Gasteiger partial charge in [-0.15, -0.1) is 0 Å². The second-order valence-electron chi connectivity index (χ2n) is 14.8. The second kappa shape index (κ2) is 12.9. The zero-order chi connectivity index (χ0) is 37.2. The number of aryl methyl sites for hydroxylation is 1. The van der Waals surface area contributed by atoms with Crippen molar-refractivity contribution in [2.75, 3.05) is 0 Å². The molecule has 0 radical (unpaired) electrons. The van der Waals surface area contributed by atoms with Crippen LogP contribution >= 0.6 is 0 Å². The minimum atomic E-state index is 0.940. The quantitative estimate of drug-likeness (QED) is 0.162. The fourth-order valence-corrected chi connectivity index (χ4v) is 8.80. The Morgan fingerprint density at radius 2 is 0.875 bits per heavy atom. The van der Waals surface area contributed by atoms with Gasteiger partial charge < -0.3 is 0 Å². The van der Waals surface area contributed by atoms with E-state index in [0.29, 0.717) is 0 Å². The fraction of sp³-hybridized carbons (Fsp3) is 0.0185. The molecule has 1 aromatic heterocycles. The normalized spacial score (nSPS) is 11.7. The average molecular weight is 713 g/mol. The Morgan fingerprint density at radius 3 is 1.54 bits per heavy atom. The van der Waals surface area contributed by atoms with Gasteiger partial charge in [-0.2, -0.15) is 0 Å². The molecule has 10 aromatic carbocycles. The van der Waals surface area contributed by atoms with E-state index in [2.05, 4.69) is 212 Å². The number of para-hydroxylation sites is 2. The van der Waals surface area contributed by atoms with Gasteiger partial charge in [0.2, 0.25) is 0 Å². The van der Waals surface area contributed by atoms with Gasteiger partial charge in [-0.3, -0.25) is 4.57 Å². The third-order valence-electron chi connectivity index (χ3n) is 11.5. The lowest BCUT2D eigenvalue weighted by Gasteiger charge is -2.19. The fourth-order valence-electron chi connectivity index (χ4n) is 8.80. The molecule has 0 aliphatic carbocycles. The Hall–Kier alpha value is -7.29. The van der Waals surface area contributed by atoms with Gasteiger partial charge in [-0.1, -0.05) is 164 Å². The minimum Gasteiger partial charge on any atom is -0.292 e. The van der Waals surface area contributed by atoms with Crippen molar-refractivity contribution in [3.05, 3.63) is 206 Å². The highest BCUT2D eigenvalue weighted by Crippen LogP contribution is 2.46. The summed E-state index contributed by atoms with van der Waals surface area (Å²) in [6, 6.07) is 72.9. The average Bonchev–Trinajstić information content (AvgIpc) is 3.66. The van der Waals surface area contributed by atoms with Gasteiger partial charge in [-0.05, 0) is 125 Å². The van der Waals surface area contributed by atoms with Crippen LogP contribution < -0.4 is 0 Å². The first-order chi connectivity index (χ1) is 27.7. The molecule has 0 unspecified atom stereocenters. The van der Waals surface area contributed by atoms with Crippen molar-refractivity contribution in [1.29, 1.82) is 0 Å². The van der Waals surface area contributed by atoms with Crippen LogP contribution in [0.1, 0.15) is 5.56 Å². The lowest BCUT2D eigenvalue weighted by molar-refractivity contribution is 1.10. The Morgan fingerprint density at radius 1 is 0.357 bits per heavy atom. The molecule has 0 fully saturated rings. The molecule has 1 heterocycles. The molecule has 0 amide bonds. The van der Waals surface area contributed by atoms with Crippen LogP contribution in [0.3, 0.4) is 0 Å². The Balaban J connectivity index is 1.13. The molecule has 0 aliphatic rings. The zero-order valence-electron chi connectivity index (χ0n) is 30.9. The first-order valence-corrected chi connectivity index (χ1v) is 19.3. The van der Waals surface area contributed by atoms with Crippen molar-refractivity contribution < 1.29 is 0 Å². The number of hydrogen-bond acceptors (Lipinski definition) is 1. The van der Waals surface area contributed by atoms with Crippen LogP contribution in [0, 0.1) is 6.92 Å². The van der Waals surface area contributed by atoms with Crippen LogP contribution in [0.4, 0.5) is 0 Å². The van der Waals surface area contributed by atoms with Crippen molar-refractivity contribution in [1.82, 2.24) is 9.55 Å². The van der Waals surface area contributed by atoms with Crippen molar-refractivity contribution in [2.24, 2.45) is 0 Å². The van der Waals surface area contributed by atoms with Crippen LogP contribution in [-0.2, 0) is 0 Å². The lowest BCUT2D eigenvalue weighted by atomic mass is 9.84. The maximum Gasteiger partial charge on any atom is 0.145 e. The summed E-state index contributed by atoms with van der Waals surface area (Å²) in [6.07, 6.45) is 0. The first kappa shape index (κ1) is 32.2. The highest BCUT2D eigenvalue weighted by atomic mass is 15.1. The van der Waals surface area contributed by atoms with E-state index in [-0.39, 0.29) is 0 Å². The van der Waals surface area contributed by atoms with Gasteiger partial charge in [0.05, 0.1) is 11.0 Å². The molecule has 262 valence electrons. The Kier molecular flexibility index (Phi) is 7.43. The van der Waals surface area contributed by atoms with E-state index in [9.17, 15) is 0 Å². The standard InChI is InChI=1S/C54H36N2/c1-35-12-11-21-50-53(35)56(45-17-3-2-4-18-45)54(55-50)39-26-22-38(23-27-39)42-30-31-48-49(34-42)52(44-29-25-37-14-6-8-16-41(37)33-44)47-20-10-9-19-46(47)51(48)43-28-24-36-13-5-7-15-40(36)32-43/h2-34H,1H3. The monoisotopic (exact) mass is 712 g/mol. The van der Waals surface area contributed by atoms with Gasteiger partial charge in [0, 0.05) is 11.3 Å². The molecule has 0 atom stereocenters. The molecule has 0 spiro atoms. The summed E-state index contributed by atoms with van der Waals surface area (Å²) in [5.74, 6) is 0.940. The highest BCUT2D eigenvalue weighted by molar-refractivity contribution is 6.22. The number of fused-ring (bicyclic) bond motifs is 5. The summed E-state index contributed by atoms with van der Waals surface area (Å²) in [5, 5.41) is 9.97. The van der Waals surface area contributed by atoms with E-state index in [1.165, 1.54) is 82.0 Å². The largest absolute Gasteiger partial charge is 0.292 e. The van der Waals surface area contributed by atoms with Crippen molar-refractivity contribution >= 4 is 54.1 Å². The second-order valence-corrected chi connectivity index (χ2v) is 14.8. The molecular weight excluding hydrogens is 677 g/mol. The molecule has 56 heavy (non-hydrogen) atoms. The number of hydrogen-bond donors (Lipinski definition) is 0. The number of aromatic nitrogens is 2. The van der Waals surface area contributed by atoms with E-state index in [1.54, 1.807) is 0 Å². The number of nitrogens with zero attached hydrogens (tertiary/aromatic N) is 2. The van der Waals surface area contributed by atoms with E-state index in [1.807, 2.05) is 0 Å². The molecule has 2 heteroatoms. The van der Waals surface area contributed by atoms with Crippen LogP contribution in [0.2, 0.25) is 0 Å². The van der Waals surface area contributed by atoms with Gasteiger partial charge in [-0.25, -0.2) is 4.98 Å². The number of rotatable bonds is 5. The van der Waals surface area contributed by atoms with Crippen LogP contribution in [0.15, 0.2) is 200 Å². The van der Waals surface area contributed by atoms with Gasteiger partial charge in [0.25, 0.3) is 0 Å². The molecule has 11 rings (SSSR count). The molecule has 0 aliphatic heterocycles. The SMILES string of the molecule is Cc1cccc2nc(-c3ccc(-c4ccc5c(-c6ccc7ccccc7c6)c6ccccc6c(-c6ccc7ccccc7c6)c5c4)cc3)n(-c3ccccc3)c12.